The van der Waals surface area contributed by atoms with Gasteiger partial charge in [0.15, 0.2) is 0 Å². The van der Waals surface area contributed by atoms with Gasteiger partial charge in [0.05, 0.1) is 38.4 Å². The first-order valence-electron chi connectivity index (χ1n) is 19.8. The van der Waals surface area contributed by atoms with Crippen LogP contribution >= 0.6 is 0 Å². The zero-order chi connectivity index (χ0) is 42.2. The number of carbonyl (C=O) groups excluding carboxylic acids is 4. The van der Waals surface area contributed by atoms with E-state index in [1.807, 2.05) is 121 Å². The van der Waals surface area contributed by atoms with Crippen molar-refractivity contribution >= 4 is 24.4 Å². The van der Waals surface area contributed by atoms with E-state index in [4.69, 9.17) is 18.9 Å². The van der Waals surface area contributed by atoms with Crippen molar-refractivity contribution in [1.29, 1.82) is 0 Å². The molecule has 316 valence electrons. The average molecular weight is 813 g/mol. The molecule has 0 unspecified atom stereocenters. The molecule has 4 rings (SSSR count). The van der Waals surface area contributed by atoms with Gasteiger partial charge in [0.25, 0.3) is 0 Å². The summed E-state index contributed by atoms with van der Waals surface area (Å²) >= 11 is 0. The van der Waals surface area contributed by atoms with Crippen LogP contribution in [-0.2, 0) is 45.4 Å². The highest BCUT2D eigenvalue weighted by Gasteiger charge is 2.26. The van der Waals surface area contributed by atoms with Crippen LogP contribution in [-0.4, -0.2) is 119 Å². The summed E-state index contributed by atoms with van der Waals surface area (Å²) in [5.41, 5.74) is 3.18. The summed E-state index contributed by atoms with van der Waals surface area (Å²) in [5, 5.41) is 22.4. The van der Waals surface area contributed by atoms with Gasteiger partial charge in [-0.15, -0.1) is 0 Å². The minimum absolute atomic E-state index is 0.00892. The molecular weight excluding hydrogens is 757 g/mol. The first-order chi connectivity index (χ1) is 28.6. The number of hydrogen-bond acceptors (Lipinski definition) is 10. The monoisotopic (exact) mass is 812 g/mol. The molecule has 0 saturated heterocycles. The third-order valence-corrected chi connectivity index (χ3v) is 9.20. The van der Waals surface area contributed by atoms with E-state index in [-0.39, 0.29) is 85.2 Å². The second-order valence-electron chi connectivity index (χ2n) is 13.8. The van der Waals surface area contributed by atoms with E-state index in [1.54, 1.807) is 13.8 Å². The van der Waals surface area contributed by atoms with Crippen molar-refractivity contribution in [3.05, 3.63) is 144 Å². The molecule has 0 bridgehead atoms. The Hall–Kier alpha value is -6.12. The molecule has 0 aliphatic heterocycles. The zero-order valence-electron chi connectivity index (χ0n) is 33.8. The number of carbonyl (C=O) groups is 4. The van der Waals surface area contributed by atoms with Gasteiger partial charge in [-0.3, -0.25) is 0 Å². The fourth-order valence-electron chi connectivity index (χ4n) is 6.01. The Kier molecular flexibility index (Phi) is 19.5. The predicted octanol–water partition coefficient (Wildman–Crippen LogP) is 6.69. The van der Waals surface area contributed by atoms with Gasteiger partial charge < -0.3 is 48.8 Å². The third kappa shape index (κ3) is 16.7. The lowest BCUT2D eigenvalue weighted by Gasteiger charge is -2.30. The molecular formula is C45H56N4O10. The Morgan fingerprint density at radius 3 is 0.915 bits per heavy atom. The van der Waals surface area contributed by atoms with E-state index in [1.165, 1.54) is 19.6 Å². The molecule has 14 heteroatoms. The molecule has 0 spiro atoms. The minimum atomic E-state index is -1.17. The van der Waals surface area contributed by atoms with E-state index in [9.17, 15) is 29.4 Å². The average Bonchev–Trinajstić information content (AvgIpc) is 3.27. The molecule has 0 heterocycles. The highest BCUT2D eigenvalue weighted by atomic mass is 16.6. The predicted molar refractivity (Wildman–Crippen MR) is 221 cm³/mol. The molecule has 0 radical (unpaired) electrons. The van der Waals surface area contributed by atoms with Gasteiger partial charge in [-0.2, -0.15) is 0 Å². The maximum atomic E-state index is 13.5. The summed E-state index contributed by atoms with van der Waals surface area (Å²) in [6, 6.07) is 36.8. The molecule has 14 nitrogen and oxygen atoms in total. The standard InChI is InChI=1S/C45H56N4O10/c1-3-46(42(52)56-32-36-18-9-5-10-19-36)28-40(50)30-48(44(54)58-34-38-22-13-7-14-23-38)26-17-27-49(45(55)59-35-39-24-15-8-16-25-39)31-41(51)29-47(4-2)43(53)57-33-37-20-11-6-12-21-37/h5-16,18-25,40-41,50-51H,3-4,17,26-35H2,1-2H3/t40-,41-/m0/s1. The molecule has 0 aliphatic rings. The summed E-state index contributed by atoms with van der Waals surface area (Å²) in [5.74, 6) is 0. The van der Waals surface area contributed by atoms with Gasteiger partial charge in [0.2, 0.25) is 0 Å². The molecule has 4 amide bonds. The van der Waals surface area contributed by atoms with Crippen LogP contribution in [0.2, 0.25) is 0 Å². The highest BCUT2D eigenvalue weighted by molar-refractivity contribution is 5.69. The van der Waals surface area contributed by atoms with Crippen molar-refractivity contribution in [2.75, 3.05) is 52.4 Å². The number of benzene rings is 4. The maximum absolute atomic E-state index is 13.5. The topological polar surface area (TPSA) is 159 Å². The van der Waals surface area contributed by atoms with Crippen LogP contribution in [0, 0.1) is 0 Å². The lowest BCUT2D eigenvalue weighted by atomic mass is 10.2. The Morgan fingerprint density at radius 2 is 0.661 bits per heavy atom. The Labute approximate surface area is 346 Å². The number of likely N-dealkylation sites (N-methyl/N-ethyl adjacent to an activating group) is 2. The minimum Gasteiger partial charge on any atom is -0.445 e. The van der Waals surface area contributed by atoms with Gasteiger partial charge in [0, 0.05) is 26.2 Å². The molecule has 0 aromatic heterocycles. The highest BCUT2D eigenvalue weighted by Crippen LogP contribution is 2.12. The van der Waals surface area contributed by atoms with E-state index in [0.29, 0.717) is 0 Å². The molecule has 2 atom stereocenters. The number of rotatable bonds is 22. The van der Waals surface area contributed by atoms with E-state index in [0.717, 1.165) is 22.3 Å². The summed E-state index contributed by atoms with van der Waals surface area (Å²) in [6.07, 6.45) is -4.75. The number of nitrogens with zero attached hydrogens (tertiary/aromatic N) is 4. The van der Waals surface area contributed by atoms with Gasteiger partial charge >= 0.3 is 24.4 Å². The van der Waals surface area contributed by atoms with Gasteiger partial charge in [-0.25, -0.2) is 19.2 Å². The Balaban J connectivity index is 1.40. The first kappa shape index (κ1) is 45.6. The van der Waals surface area contributed by atoms with Gasteiger partial charge in [-0.1, -0.05) is 121 Å². The summed E-state index contributed by atoms with van der Waals surface area (Å²) in [6.45, 7) is 3.63. The van der Waals surface area contributed by atoms with Crippen molar-refractivity contribution in [3.8, 4) is 0 Å². The quantitative estimate of drug-likeness (QED) is 0.0819. The lowest BCUT2D eigenvalue weighted by Crippen LogP contribution is -2.47. The van der Waals surface area contributed by atoms with Crippen molar-refractivity contribution in [2.24, 2.45) is 0 Å². The van der Waals surface area contributed by atoms with Gasteiger partial charge in [-0.05, 0) is 42.5 Å². The van der Waals surface area contributed by atoms with Crippen LogP contribution in [0.5, 0.6) is 0 Å². The maximum Gasteiger partial charge on any atom is 0.410 e. The summed E-state index contributed by atoms with van der Waals surface area (Å²) < 4.78 is 22.2. The largest absolute Gasteiger partial charge is 0.445 e. The molecule has 4 aromatic carbocycles. The zero-order valence-corrected chi connectivity index (χ0v) is 33.8. The Bertz CT molecular complexity index is 1690. The Morgan fingerprint density at radius 1 is 0.424 bits per heavy atom. The van der Waals surface area contributed by atoms with Crippen molar-refractivity contribution in [3.63, 3.8) is 0 Å². The SMILES string of the molecule is CCN(C[C@H](O)CN(CCCN(C[C@@H](O)CN(CC)C(=O)OCc1ccccc1)C(=O)OCc1ccccc1)C(=O)OCc1ccccc1)C(=O)OCc1ccccc1. The number of aliphatic hydroxyl groups is 2. The third-order valence-electron chi connectivity index (χ3n) is 9.20. The molecule has 59 heavy (non-hydrogen) atoms. The number of ether oxygens (including phenoxy) is 4. The van der Waals surface area contributed by atoms with E-state index < -0.39 is 36.6 Å². The number of hydrogen-bond donors (Lipinski definition) is 2. The van der Waals surface area contributed by atoms with Crippen LogP contribution in [0.3, 0.4) is 0 Å². The lowest BCUT2D eigenvalue weighted by molar-refractivity contribution is 0.0389. The normalized spacial score (nSPS) is 11.7. The first-order valence-corrected chi connectivity index (χ1v) is 19.8. The summed E-state index contributed by atoms with van der Waals surface area (Å²) in [4.78, 5) is 58.2. The van der Waals surface area contributed by atoms with Gasteiger partial charge in [0.1, 0.15) is 26.4 Å². The fourth-order valence-corrected chi connectivity index (χ4v) is 6.01. The molecule has 0 fully saturated rings. The van der Waals surface area contributed by atoms with Crippen LogP contribution < -0.4 is 0 Å². The van der Waals surface area contributed by atoms with E-state index >= 15 is 0 Å². The second-order valence-corrected chi connectivity index (χ2v) is 13.8. The van der Waals surface area contributed by atoms with Crippen molar-refractivity contribution < 1.29 is 48.3 Å². The van der Waals surface area contributed by atoms with Crippen LogP contribution in [0.15, 0.2) is 121 Å². The molecule has 4 aromatic rings. The number of amides is 4. The van der Waals surface area contributed by atoms with E-state index in [2.05, 4.69) is 0 Å². The van der Waals surface area contributed by atoms with Crippen LogP contribution in [0.25, 0.3) is 0 Å². The molecule has 2 N–H and O–H groups in total. The molecule has 0 saturated carbocycles. The smallest absolute Gasteiger partial charge is 0.410 e. The fraction of sp³-hybridized carbons (Fsp3) is 0.378. The number of aliphatic hydroxyl groups excluding tert-OH is 2. The second kappa shape index (κ2) is 25.3. The van der Waals surface area contributed by atoms with Crippen molar-refractivity contribution in [2.45, 2.75) is 58.9 Å². The van der Waals surface area contributed by atoms with Crippen LogP contribution in [0.1, 0.15) is 42.5 Å². The van der Waals surface area contributed by atoms with Crippen molar-refractivity contribution in [1.82, 2.24) is 19.6 Å². The van der Waals surface area contributed by atoms with Crippen LogP contribution in [0.4, 0.5) is 19.2 Å². The molecule has 0 aliphatic carbocycles. The summed E-state index contributed by atoms with van der Waals surface area (Å²) in [7, 11) is 0.